The first kappa shape index (κ1) is 26.2. The SMILES string of the molecule is COc1ccc(N2C(=O)C(Cl)=C(Nc3cc(C(=O)Nc4ccccc4C(=O)O)ccc3C)C2=O)c(OC)c1. The van der Waals surface area contributed by atoms with E-state index in [1.807, 2.05) is 0 Å². The Kier molecular flexibility index (Phi) is 7.35. The van der Waals surface area contributed by atoms with Gasteiger partial charge in [-0.05, 0) is 48.9 Å². The number of aryl methyl sites for hydroxylation is 1. The van der Waals surface area contributed by atoms with Crippen molar-refractivity contribution in [1.29, 1.82) is 0 Å². The van der Waals surface area contributed by atoms with Gasteiger partial charge in [-0.3, -0.25) is 14.4 Å². The number of hydrogen-bond acceptors (Lipinski definition) is 7. The van der Waals surface area contributed by atoms with E-state index in [1.54, 1.807) is 37.3 Å². The summed E-state index contributed by atoms with van der Waals surface area (Å²) in [7, 11) is 2.87. The lowest BCUT2D eigenvalue weighted by molar-refractivity contribution is -0.120. The van der Waals surface area contributed by atoms with E-state index in [9.17, 15) is 24.3 Å². The number of anilines is 3. The van der Waals surface area contributed by atoms with Crippen molar-refractivity contribution < 1.29 is 33.8 Å². The van der Waals surface area contributed by atoms with Crippen molar-refractivity contribution in [3.8, 4) is 11.5 Å². The number of amides is 3. The highest BCUT2D eigenvalue weighted by molar-refractivity contribution is 6.53. The molecule has 0 unspecified atom stereocenters. The number of methoxy groups -OCH3 is 2. The van der Waals surface area contributed by atoms with Gasteiger partial charge in [0.2, 0.25) is 0 Å². The monoisotopic (exact) mass is 535 g/mol. The van der Waals surface area contributed by atoms with Gasteiger partial charge in [0.15, 0.2) is 0 Å². The smallest absolute Gasteiger partial charge is 0.337 e. The van der Waals surface area contributed by atoms with Crippen LogP contribution in [-0.4, -0.2) is 43.0 Å². The Morgan fingerprint density at radius 2 is 1.66 bits per heavy atom. The molecule has 3 amide bonds. The van der Waals surface area contributed by atoms with Crippen LogP contribution >= 0.6 is 11.6 Å². The number of aromatic carboxylic acids is 1. The van der Waals surface area contributed by atoms with Crippen molar-refractivity contribution in [3.05, 3.63) is 88.1 Å². The number of nitrogens with zero attached hydrogens (tertiary/aromatic N) is 1. The Hall–Kier alpha value is -4.83. The first-order chi connectivity index (χ1) is 18.2. The largest absolute Gasteiger partial charge is 0.497 e. The van der Waals surface area contributed by atoms with Crippen LogP contribution in [0.2, 0.25) is 0 Å². The van der Waals surface area contributed by atoms with Crippen molar-refractivity contribution in [2.24, 2.45) is 0 Å². The van der Waals surface area contributed by atoms with Crippen LogP contribution in [0.4, 0.5) is 17.1 Å². The number of imide groups is 1. The number of halogens is 1. The summed E-state index contributed by atoms with van der Waals surface area (Å²) >= 11 is 6.29. The van der Waals surface area contributed by atoms with Crippen molar-refractivity contribution in [3.63, 3.8) is 0 Å². The number of benzene rings is 3. The molecule has 10 nitrogen and oxygen atoms in total. The third-order valence-electron chi connectivity index (χ3n) is 5.82. The highest BCUT2D eigenvalue weighted by atomic mass is 35.5. The summed E-state index contributed by atoms with van der Waals surface area (Å²) in [6, 6.07) is 15.3. The third kappa shape index (κ3) is 4.89. The molecule has 1 aliphatic heterocycles. The molecule has 1 aliphatic rings. The number of carboxylic acids is 1. The highest BCUT2D eigenvalue weighted by Gasteiger charge is 2.40. The molecule has 11 heteroatoms. The normalized spacial score (nSPS) is 13.0. The Morgan fingerprint density at radius 3 is 2.34 bits per heavy atom. The lowest BCUT2D eigenvalue weighted by atomic mass is 10.1. The van der Waals surface area contributed by atoms with Gasteiger partial charge in [0, 0.05) is 17.3 Å². The third-order valence-corrected chi connectivity index (χ3v) is 6.17. The Bertz CT molecular complexity index is 1520. The maximum atomic E-state index is 13.3. The second kappa shape index (κ2) is 10.7. The van der Waals surface area contributed by atoms with Gasteiger partial charge < -0.3 is 25.2 Å². The van der Waals surface area contributed by atoms with Crippen molar-refractivity contribution in [2.75, 3.05) is 29.8 Å². The fourth-order valence-electron chi connectivity index (χ4n) is 3.81. The van der Waals surface area contributed by atoms with E-state index < -0.39 is 23.7 Å². The van der Waals surface area contributed by atoms with E-state index in [0.29, 0.717) is 17.0 Å². The summed E-state index contributed by atoms with van der Waals surface area (Å²) in [4.78, 5) is 51.5. The average molecular weight is 536 g/mol. The Labute approximate surface area is 222 Å². The predicted molar refractivity (Wildman–Crippen MR) is 141 cm³/mol. The van der Waals surface area contributed by atoms with Crippen molar-refractivity contribution in [2.45, 2.75) is 6.92 Å². The average Bonchev–Trinajstić information content (AvgIpc) is 3.12. The molecule has 0 aliphatic carbocycles. The Morgan fingerprint density at radius 1 is 0.921 bits per heavy atom. The maximum Gasteiger partial charge on any atom is 0.337 e. The van der Waals surface area contributed by atoms with Crippen LogP contribution in [0, 0.1) is 6.92 Å². The number of carboxylic acid groups (broad SMARTS) is 1. The predicted octanol–water partition coefficient (Wildman–Crippen LogP) is 4.40. The topological polar surface area (TPSA) is 134 Å². The molecule has 4 rings (SSSR count). The minimum absolute atomic E-state index is 0.0626. The fraction of sp³-hybridized carbons (Fsp3) is 0.111. The summed E-state index contributed by atoms with van der Waals surface area (Å²) in [5.74, 6) is -2.52. The molecular weight excluding hydrogens is 514 g/mol. The molecule has 0 fully saturated rings. The fourth-order valence-corrected chi connectivity index (χ4v) is 4.02. The van der Waals surface area contributed by atoms with E-state index in [2.05, 4.69) is 10.6 Å². The number of para-hydroxylation sites is 1. The summed E-state index contributed by atoms with van der Waals surface area (Å²) in [6.45, 7) is 1.74. The summed E-state index contributed by atoms with van der Waals surface area (Å²) < 4.78 is 10.5. The molecule has 0 radical (unpaired) electrons. The van der Waals surface area contributed by atoms with Gasteiger partial charge in [0.25, 0.3) is 17.7 Å². The minimum Gasteiger partial charge on any atom is -0.497 e. The van der Waals surface area contributed by atoms with Gasteiger partial charge in [0.1, 0.15) is 22.2 Å². The molecule has 194 valence electrons. The lowest BCUT2D eigenvalue weighted by Gasteiger charge is -2.19. The van der Waals surface area contributed by atoms with Crippen LogP contribution in [0.3, 0.4) is 0 Å². The van der Waals surface area contributed by atoms with Crippen LogP contribution in [0.25, 0.3) is 0 Å². The molecule has 0 saturated carbocycles. The van der Waals surface area contributed by atoms with E-state index in [1.165, 1.54) is 44.6 Å². The van der Waals surface area contributed by atoms with Gasteiger partial charge in [-0.15, -0.1) is 0 Å². The number of nitrogens with one attached hydrogen (secondary N) is 2. The number of carbonyl (C=O) groups is 4. The second-order valence-corrected chi connectivity index (χ2v) is 8.51. The zero-order chi connectivity index (χ0) is 27.6. The van der Waals surface area contributed by atoms with Gasteiger partial charge in [0.05, 0.1) is 31.2 Å². The number of ether oxygens (including phenoxy) is 2. The number of rotatable bonds is 8. The van der Waals surface area contributed by atoms with Crippen LogP contribution in [0.5, 0.6) is 11.5 Å². The molecule has 3 aromatic carbocycles. The first-order valence-corrected chi connectivity index (χ1v) is 11.6. The Balaban J connectivity index is 1.61. The quantitative estimate of drug-likeness (QED) is 0.361. The van der Waals surface area contributed by atoms with E-state index in [-0.39, 0.29) is 39.0 Å². The zero-order valence-corrected chi connectivity index (χ0v) is 21.3. The van der Waals surface area contributed by atoms with Crippen LogP contribution < -0.4 is 25.0 Å². The first-order valence-electron chi connectivity index (χ1n) is 11.2. The van der Waals surface area contributed by atoms with Gasteiger partial charge in [-0.2, -0.15) is 0 Å². The van der Waals surface area contributed by atoms with Gasteiger partial charge in [-0.25, -0.2) is 9.69 Å². The summed E-state index contributed by atoms with van der Waals surface area (Å²) in [5.41, 5.74) is 1.26. The van der Waals surface area contributed by atoms with Crippen LogP contribution in [-0.2, 0) is 9.59 Å². The zero-order valence-electron chi connectivity index (χ0n) is 20.5. The molecule has 0 bridgehead atoms. The van der Waals surface area contributed by atoms with Crippen LogP contribution in [0.15, 0.2) is 71.4 Å². The lowest BCUT2D eigenvalue weighted by Crippen LogP contribution is -2.32. The molecule has 0 atom stereocenters. The van der Waals surface area contributed by atoms with Crippen LogP contribution in [0.1, 0.15) is 26.3 Å². The molecule has 0 aromatic heterocycles. The van der Waals surface area contributed by atoms with E-state index >= 15 is 0 Å². The minimum atomic E-state index is -1.18. The molecular formula is C27H22ClN3O7. The molecule has 0 saturated heterocycles. The van der Waals surface area contributed by atoms with Gasteiger partial charge >= 0.3 is 5.97 Å². The van der Waals surface area contributed by atoms with E-state index in [0.717, 1.165) is 4.90 Å². The van der Waals surface area contributed by atoms with E-state index in [4.69, 9.17) is 21.1 Å². The highest BCUT2D eigenvalue weighted by Crippen LogP contribution is 2.38. The number of carbonyl (C=O) groups excluding carboxylic acids is 3. The standard InChI is InChI=1S/C27H22ClN3O7/c1-14-8-9-15(24(32)30-18-7-5-4-6-17(18)27(35)36)12-19(14)29-23-22(28)25(33)31(26(23)34)20-11-10-16(37-2)13-21(20)38-3/h4-13,29H,1-3H3,(H,30,32)(H,35,36). The number of hydrogen-bond donors (Lipinski definition) is 3. The second-order valence-electron chi connectivity index (χ2n) is 8.13. The molecule has 1 heterocycles. The van der Waals surface area contributed by atoms with Crippen molar-refractivity contribution >= 4 is 52.4 Å². The maximum absolute atomic E-state index is 13.3. The summed E-state index contributed by atoms with van der Waals surface area (Å²) in [5, 5.41) is 14.5. The van der Waals surface area contributed by atoms with Crippen molar-refractivity contribution in [1.82, 2.24) is 0 Å². The van der Waals surface area contributed by atoms with Gasteiger partial charge in [-0.1, -0.05) is 29.8 Å². The molecule has 0 spiro atoms. The molecule has 3 N–H and O–H groups in total. The molecule has 3 aromatic rings. The molecule has 38 heavy (non-hydrogen) atoms. The summed E-state index contributed by atoms with van der Waals surface area (Å²) in [6.07, 6.45) is 0.